The van der Waals surface area contributed by atoms with Gasteiger partial charge in [0.15, 0.2) is 0 Å². The molecule has 0 saturated carbocycles. The molecule has 0 N–H and O–H groups in total. The second-order valence-electron chi connectivity index (χ2n) is 12.0. The number of carbonyl (C=O) groups excluding carboxylic acids is 1. The second kappa shape index (κ2) is 22.4. The Balaban J connectivity index is 1.82. The molecular weight excluding hydrogens is 525 g/mol. The standard InChI is InChI=1S/C32H58NO6P/c1-5-37-32(34)31-25-23-30(24-26-31)22-20-18-16-14-12-10-8-6-7-9-11-13-15-17-19-21-28-38-40(35,36)39-29-27-33(2,3)4/h23-26H,5-22,27-29H2,1-4H3. The monoisotopic (exact) mass is 583 g/mol. The van der Waals surface area contributed by atoms with Crippen LogP contribution in [0.1, 0.15) is 126 Å². The van der Waals surface area contributed by atoms with Crippen LogP contribution in [0, 0.1) is 0 Å². The number of nitrogens with zero attached hydrogens (tertiary/aromatic N) is 1. The van der Waals surface area contributed by atoms with Crippen LogP contribution >= 0.6 is 7.82 Å². The quantitative estimate of drug-likeness (QED) is 0.0478. The lowest BCUT2D eigenvalue weighted by Gasteiger charge is -2.27. The Bertz CT molecular complexity index is 809. The van der Waals surface area contributed by atoms with Crippen LogP contribution in [0.4, 0.5) is 0 Å². The predicted molar refractivity (Wildman–Crippen MR) is 162 cm³/mol. The third-order valence-corrected chi connectivity index (χ3v) is 8.08. The molecule has 1 unspecified atom stereocenters. The molecule has 1 aromatic rings. The third-order valence-electron chi connectivity index (χ3n) is 7.09. The zero-order valence-electron chi connectivity index (χ0n) is 26.0. The second-order valence-corrected chi connectivity index (χ2v) is 13.4. The van der Waals surface area contributed by atoms with E-state index in [1.807, 2.05) is 52.3 Å². The highest BCUT2D eigenvalue weighted by molar-refractivity contribution is 7.45. The Morgan fingerprint density at radius 3 is 1.57 bits per heavy atom. The van der Waals surface area contributed by atoms with Gasteiger partial charge in [-0.1, -0.05) is 102 Å². The van der Waals surface area contributed by atoms with Gasteiger partial charge in [0.1, 0.15) is 13.2 Å². The van der Waals surface area contributed by atoms with Gasteiger partial charge in [-0.25, -0.2) is 4.79 Å². The average molecular weight is 584 g/mol. The van der Waals surface area contributed by atoms with Crippen LogP contribution in [0.5, 0.6) is 0 Å². The maximum absolute atomic E-state index is 11.7. The van der Waals surface area contributed by atoms with Gasteiger partial charge in [-0.2, -0.15) is 0 Å². The van der Waals surface area contributed by atoms with Crippen molar-refractivity contribution in [1.82, 2.24) is 0 Å². The van der Waals surface area contributed by atoms with Gasteiger partial charge >= 0.3 is 5.97 Å². The number of likely N-dealkylation sites (N-methyl/N-ethyl adjacent to an activating group) is 1. The predicted octanol–water partition coefficient (Wildman–Crippen LogP) is 7.86. The average Bonchev–Trinajstić information content (AvgIpc) is 2.89. The molecule has 0 bridgehead atoms. The van der Waals surface area contributed by atoms with Gasteiger partial charge in [0.05, 0.1) is 39.9 Å². The molecule has 40 heavy (non-hydrogen) atoms. The van der Waals surface area contributed by atoms with Crippen molar-refractivity contribution in [3.8, 4) is 0 Å². The van der Waals surface area contributed by atoms with E-state index in [9.17, 15) is 14.3 Å². The van der Waals surface area contributed by atoms with E-state index in [0.717, 1.165) is 25.7 Å². The van der Waals surface area contributed by atoms with Crippen molar-refractivity contribution in [3.63, 3.8) is 0 Å². The lowest BCUT2D eigenvalue weighted by Crippen LogP contribution is -2.37. The zero-order chi connectivity index (χ0) is 29.5. The molecule has 0 aliphatic heterocycles. The van der Waals surface area contributed by atoms with E-state index in [4.69, 9.17) is 13.8 Å². The van der Waals surface area contributed by atoms with Crippen LogP contribution in [0.2, 0.25) is 0 Å². The minimum Gasteiger partial charge on any atom is -0.756 e. The van der Waals surface area contributed by atoms with Crippen LogP contribution in [-0.2, 0) is 24.8 Å². The first-order chi connectivity index (χ1) is 19.1. The summed E-state index contributed by atoms with van der Waals surface area (Å²) in [6, 6.07) is 7.84. The Labute approximate surface area is 245 Å². The van der Waals surface area contributed by atoms with Crippen LogP contribution in [0.15, 0.2) is 24.3 Å². The molecule has 0 saturated heterocycles. The maximum atomic E-state index is 11.7. The highest BCUT2D eigenvalue weighted by Crippen LogP contribution is 2.38. The smallest absolute Gasteiger partial charge is 0.338 e. The third kappa shape index (κ3) is 21.5. The first-order valence-electron chi connectivity index (χ1n) is 15.8. The molecule has 1 aromatic carbocycles. The fraction of sp³-hybridized carbons (Fsp3) is 0.781. The van der Waals surface area contributed by atoms with Gasteiger partial charge in [-0.15, -0.1) is 0 Å². The summed E-state index contributed by atoms with van der Waals surface area (Å²) in [5, 5.41) is 0. The molecule has 0 amide bonds. The lowest BCUT2D eigenvalue weighted by molar-refractivity contribution is -0.870. The fourth-order valence-electron chi connectivity index (χ4n) is 4.57. The zero-order valence-corrected chi connectivity index (χ0v) is 26.9. The molecule has 7 nitrogen and oxygen atoms in total. The highest BCUT2D eigenvalue weighted by atomic mass is 31.2. The van der Waals surface area contributed by atoms with Gasteiger partial charge in [-0.05, 0) is 43.9 Å². The molecule has 1 rings (SSSR count). The molecule has 0 aliphatic rings. The molecule has 0 radical (unpaired) electrons. The lowest BCUT2D eigenvalue weighted by atomic mass is 10.0. The molecule has 0 heterocycles. The molecule has 8 heteroatoms. The molecule has 232 valence electrons. The summed E-state index contributed by atoms with van der Waals surface area (Å²) in [7, 11) is 1.82. The normalized spacial score (nSPS) is 13.3. The van der Waals surface area contributed by atoms with E-state index >= 15 is 0 Å². The molecular formula is C32H58NO6P. The topological polar surface area (TPSA) is 84.9 Å². The van der Waals surface area contributed by atoms with Gasteiger partial charge < -0.3 is 23.2 Å². The van der Waals surface area contributed by atoms with Crippen molar-refractivity contribution in [2.75, 3.05) is 47.5 Å². The Morgan fingerprint density at radius 2 is 1.12 bits per heavy atom. The molecule has 0 aliphatic carbocycles. The summed E-state index contributed by atoms with van der Waals surface area (Å²) in [4.78, 5) is 23.4. The van der Waals surface area contributed by atoms with E-state index in [2.05, 4.69) is 0 Å². The summed E-state index contributed by atoms with van der Waals surface area (Å²) in [6.45, 7) is 3.24. The minimum atomic E-state index is -4.16. The van der Waals surface area contributed by atoms with E-state index in [0.29, 0.717) is 23.2 Å². The van der Waals surface area contributed by atoms with Crippen LogP contribution in [-0.4, -0.2) is 58.0 Å². The van der Waals surface area contributed by atoms with Crippen LogP contribution in [0.25, 0.3) is 0 Å². The molecule has 0 fully saturated rings. The van der Waals surface area contributed by atoms with E-state index in [-0.39, 0.29) is 19.2 Å². The van der Waals surface area contributed by atoms with Crippen molar-refractivity contribution in [3.05, 3.63) is 35.4 Å². The van der Waals surface area contributed by atoms with Crippen molar-refractivity contribution in [1.29, 1.82) is 0 Å². The van der Waals surface area contributed by atoms with Gasteiger partial charge in [0.2, 0.25) is 0 Å². The number of unbranched alkanes of at least 4 members (excludes halogenated alkanes) is 15. The first-order valence-corrected chi connectivity index (χ1v) is 17.3. The van der Waals surface area contributed by atoms with Crippen LogP contribution in [0.3, 0.4) is 0 Å². The largest absolute Gasteiger partial charge is 0.756 e. The number of phosphoric acid groups is 1. The Kier molecular flexibility index (Phi) is 20.6. The first kappa shape index (κ1) is 36.8. The highest BCUT2D eigenvalue weighted by Gasteiger charge is 2.13. The Hall–Kier alpha value is -1.24. The summed E-state index contributed by atoms with van der Waals surface area (Å²) < 4.78 is 27.3. The molecule has 0 aromatic heterocycles. The van der Waals surface area contributed by atoms with Crippen LogP contribution < -0.4 is 4.89 Å². The van der Waals surface area contributed by atoms with Gasteiger partial charge in [0.25, 0.3) is 7.82 Å². The number of esters is 1. The van der Waals surface area contributed by atoms with Gasteiger partial charge in [-0.3, -0.25) is 4.57 Å². The summed E-state index contributed by atoms with van der Waals surface area (Å²) in [6.07, 6.45) is 21.0. The number of phosphoric ester groups is 1. The number of aryl methyl sites for hydroxylation is 1. The fourth-order valence-corrected chi connectivity index (χ4v) is 5.30. The minimum absolute atomic E-state index is 0.157. The number of carbonyl (C=O) groups is 1. The number of hydrogen-bond acceptors (Lipinski definition) is 6. The summed E-state index contributed by atoms with van der Waals surface area (Å²) in [5.74, 6) is -0.241. The number of rotatable bonds is 26. The summed E-state index contributed by atoms with van der Waals surface area (Å²) >= 11 is 0. The SMILES string of the molecule is CCOC(=O)c1ccc(CCCCCCCCCCCCCCCCCCOP(=O)([O-])OCC[N+](C)(C)C)cc1. The molecule has 1 atom stereocenters. The van der Waals surface area contributed by atoms with E-state index in [1.54, 1.807) is 0 Å². The number of benzene rings is 1. The van der Waals surface area contributed by atoms with E-state index < -0.39 is 7.82 Å². The van der Waals surface area contributed by atoms with E-state index in [1.165, 1.54) is 89.0 Å². The van der Waals surface area contributed by atoms with Crippen molar-refractivity contribution >= 4 is 13.8 Å². The Morgan fingerprint density at radius 1 is 0.700 bits per heavy atom. The number of quaternary nitrogens is 1. The molecule has 0 spiro atoms. The van der Waals surface area contributed by atoms with Crippen molar-refractivity contribution in [2.24, 2.45) is 0 Å². The maximum Gasteiger partial charge on any atom is 0.338 e. The van der Waals surface area contributed by atoms with Gasteiger partial charge in [0, 0.05) is 0 Å². The summed E-state index contributed by atoms with van der Waals surface area (Å²) in [5.41, 5.74) is 1.93. The van der Waals surface area contributed by atoms with Crippen molar-refractivity contribution in [2.45, 2.75) is 116 Å². The number of ether oxygens (including phenoxy) is 1. The van der Waals surface area contributed by atoms with Crippen molar-refractivity contribution < 1.29 is 32.5 Å². The number of hydrogen-bond donors (Lipinski definition) is 0.